The van der Waals surface area contributed by atoms with E-state index in [-0.39, 0.29) is 16.0 Å². The molecule has 4 rings (SSSR count). The third-order valence-corrected chi connectivity index (χ3v) is 11.7. The quantitative estimate of drug-likeness (QED) is 0.231. The number of hydrogen-bond acceptors (Lipinski definition) is 8. The number of anilines is 1. The predicted molar refractivity (Wildman–Crippen MR) is 161 cm³/mol. The van der Waals surface area contributed by atoms with Gasteiger partial charge in [-0.15, -0.1) is 3.77 Å². The molecule has 0 saturated carbocycles. The Morgan fingerprint density at radius 1 is 0.905 bits per heavy atom. The smallest absolute Gasteiger partial charge is 0.290 e. The van der Waals surface area contributed by atoms with Gasteiger partial charge in [-0.2, -0.15) is 8.42 Å². The average Bonchev–Trinajstić information content (AvgIpc) is 2.92. The van der Waals surface area contributed by atoms with Crippen LogP contribution in [-0.4, -0.2) is 59.3 Å². The molecule has 3 aromatic rings. The Bertz CT molecular complexity index is 1640. The van der Waals surface area contributed by atoms with Gasteiger partial charge >= 0.3 is 0 Å². The summed E-state index contributed by atoms with van der Waals surface area (Å²) in [6, 6.07) is 12.0. The van der Waals surface area contributed by atoms with Crippen molar-refractivity contribution in [3.8, 4) is 0 Å². The molecule has 14 heteroatoms. The second-order valence-corrected chi connectivity index (χ2v) is 16.1. The Labute approximate surface area is 247 Å². The molecule has 42 heavy (non-hydrogen) atoms. The lowest BCUT2D eigenvalue weighted by Crippen LogP contribution is -2.49. The second kappa shape index (κ2) is 12.0. The molecule has 226 valence electrons. The van der Waals surface area contributed by atoms with Gasteiger partial charge in [0, 0.05) is 65.4 Å². The zero-order valence-electron chi connectivity index (χ0n) is 24.3. The first-order chi connectivity index (χ1) is 19.6. The Kier molecular flexibility index (Phi) is 9.00. The number of non-ortho nitro benzene ring substituents is 1. The molecule has 2 aromatic carbocycles. The molecule has 1 aliphatic heterocycles. The van der Waals surface area contributed by atoms with Crippen LogP contribution >= 0.6 is 0 Å². The van der Waals surface area contributed by atoms with Crippen LogP contribution in [0.4, 0.5) is 16.0 Å². The summed E-state index contributed by atoms with van der Waals surface area (Å²) in [5.41, 5.74) is -1.10. The Morgan fingerprint density at radius 2 is 1.45 bits per heavy atom. The van der Waals surface area contributed by atoms with Crippen molar-refractivity contribution >= 4 is 31.5 Å². The highest BCUT2D eigenvalue weighted by Gasteiger charge is 2.34. The van der Waals surface area contributed by atoms with Crippen molar-refractivity contribution in [3.63, 3.8) is 0 Å². The van der Waals surface area contributed by atoms with E-state index in [4.69, 9.17) is 4.36 Å². The zero-order chi connectivity index (χ0) is 30.8. The molecule has 0 N–H and O–H groups in total. The molecular formula is C28H36FN7O4S2. The minimum atomic E-state index is -4.38. The fourth-order valence-corrected chi connectivity index (χ4v) is 10.4. The third-order valence-electron chi connectivity index (χ3n) is 6.45. The van der Waals surface area contributed by atoms with E-state index >= 15 is 0 Å². The van der Waals surface area contributed by atoms with Crippen molar-refractivity contribution in [2.24, 2.45) is 13.5 Å². The van der Waals surface area contributed by atoms with Gasteiger partial charge in [0.1, 0.15) is 5.82 Å². The number of rotatable bonds is 8. The van der Waals surface area contributed by atoms with Gasteiger partial charge in [-0.1, -0.05) is 20.8 Å². The Morgan fingerprint density at radius 3 is 1.98 bits per heavy atom. The number of nitro groups is 1. The minimum absolute atomic E-state index is 0.137. The van der Waals surface area contributed by atoms with Gasteiger partial charge in [-0.3, -0.25) is 10.1 Å². The first kappa shape index (κ1) is 31.4. The summed E-state index contributed by atoms with van der Waals surface area (Å²) in [4.78, 5) is 21.6. The van der Waals surface area contributed by atoms with E-state index in [1.165, 1.54) is 24.3 Å². The van der Waals surface area contributed by atoms with Gasteiger partial charge in [0.2, 0.25) is 5.95 Å². The van der Waals surface area contributed by atoms with Crippen molar-refractivity contribution in [2.45, 2.75) is 56.4 Å². The second-order valence-electron chi connectivity index (χ2n) is 11.9. The van der Waals surface area contributed by atoms with Crippen molar-refractivity contribution in [1.29, 1.82) is 0 Å². The van der Waals surface area contributed by atoms with Crippen LogP contribution in [0.5, 0.6) is 0 Å². The SMILES string of the molecule is CC(C)(C)CC(C)(C)N=S(=NS(=O)(=O)c1ccc([N+](=O)[O-])cc1)(c1ccc(F)cc1)N1CCN(c2ncccn2)CC1. The van der Waals surface area contributed by atoms with Gasteiger partial charge in [0.25, 0.3) is 15.7 Å². The molecule has 0 radical (unpaired) electrons. The first-order valence-corrected chi connectivity index (χ1v) is 16.4. The van der Waals surface area contributed by atoms with Gasteiger partial charge in [-0.05, 0) is 68.1 Å². The number of benzene rings is 2. The van der Waals surface area contributed by atoms with E-state index in [0.717, 1.165) is 12.1 Å². The van der Waals surface area contributed by atoms with Crippen LogP contribution in [-0.2, 0) is 19.8 Å². The minimum Gasteiger partial charge on any atom is -0.338 e. The molecule has 11 nitrogen and oxygen atoms in total. The van der Waals surface area contributed by atoms with Gasteiger partial charge in [-0.25, -0.2) is 23.0 Å². The van der Waals surface area contributed by atoms with Crippen LogP contribution in [0.25, 0.3) is 0 Å². The number of nitro benzene ring substituents is 1. The highest BCUT2D eigenvalue weighted by molar-refractivity contribution is 8.03. The molecule has 1 saturated heterocycles. The van der Waals surface area contributed by atoms with Crippen molar-refractivity contribution < 1.29 is 17.7 Å². The Balaban J connectivity index is 1.95. The number of aromatic nitrogens is 2. The first-order valence-electron chi connectivity index (χ1n) is 13.4. The van der Waals surface area contributed by atoms with Crippen molar-refractivity contribution in [3.05, 3.63) is 82.9 Å². The third kappa shape index (κ3) is 7.47. The van der Waals surface area contributed by atoms with Crippen LogP contribution in [0.3, 0.4) is 0 Å². The van der Waals surface area contributed by atoms with E-state index < -0.39 is 36.1 Å². The highest BCUT2D eigenvalue weighted by Crippen LogP contribution is 2.36. The normalized spacial score (nSPS) is 16.5. The fourth-order valence-electron chi connectivity index (χ4n) is 5.18. The number of nitrogens with zero attached hydrogens (tertiary/aromatic N) is 7. The van der Waals surface area contributed by atoms with E-state index in [9.17, 15) is 22.9 Å². The number of hydrogen-bond donors (Lipinski definition) is 0. The van der Waals surface area contributed by atoms with E-state index in [1.54, 1.807) is 30.6 Å². The lowest BCUT2D eigenvalue weighted by atomic mass is 9.82. The molecule has 0 aliphatic carbocycles. The summed E-state index contributed by atoms with van der Waals surface area (Å²) < 4.78 is 53.9. The van der Waals surface area contributed by atoms with E-state index in [0.29, 0.717) is 43.4 Å². The molecule has 0 bridgehead atoms. The van der Waals surface area contributed by atoms with Crippen molar-refractivity contribution in [2.75, 3.05) is 31.1 Å². The molecule has 0 spiro atoms. The van der Waals surface area contributed by atoms with Crippen LogP contribution in [0.15, 0.2) is 84.9 Å². The van der Waals surface area contributed by atoms with Crippen molar-refractivity contribution in [1.82, 2.24) is 14.3 Å². The average molecular weight is 618 g/mol. The van der Waals surface area contributed by atoms with Crippen LogP contribution in [0.2, 0.25) is 0 Å². The molecule has 1 atom stereocenters. The summed E-state index contributed by atoms with van der Waals surface area (Å²) in [6.07, 6.45) is 3.96. The zero-order valence-corrected chi connectivity index (χ0v) is 26.0. The van der Waals surface area contributed by atoms with Crippen LogP contribution < -0.4 is 4.90 Å². The van der Waals surface area contributed by atoms with Gasteiger partial charge in [0.05, 0.1) is 15.4 Å². The number of sulfonamides is 1. The summed E-state index contributed by atoms with van der Waals surface area (Å²) in [5, 5.41) is 11.2. The standard InChI is InChI=1S/C28H36FN7O4S2/c1-27(2,3)21-28(4,5)32-41(24-11-7-22(29)8-12-24,33-42(39,40)25-13-9-23(10-14-25)36(37)38)35-19-17-34(18-20-35)26-30-15-6-16-31-26/h6-16H,17-21H2,1-5H3. The van der Waals surface area contributed by atoms with E-state index in [2.05, 4.69) is 34.5 Å². The lowest BCUT2D eigenvalue weighted by molar-refractivity contribution is -0.384. The highest BCUT2D eigenvalue weighted by atomic mass is 32.3. The van der Waals surface area contributed by atoms with Crippen LogP contribution in [0.1, 0.15) is 41.0 Å². The molecule has 1 aliphatic rings. The summed E-state index contributed by atoms with van der Waals surface area (Å²) in [5.74, 6) is 0.102. The topological polar surface area (TPSA) is 134 Å². The van der Waals surface area contributed by atoms with Gasteiger partial charge in [0.15, 0.2) is 0 Å². The van der Waals surface area contributed by atoms with Gasteiger partial charge < -0.3 is 4.90 Å². The van der Waals surface area contributed by atoms with Crippen LogP contribution in [0, 0.1) is 21.3 Å². The largest absolute Gasteiger partial charge is 0.338 e. The lowest BCUT2D eigenvalue weighted by Gasteiger charge is -2.40. The molecule has 1 unspecified atom stereocenters. The predicted octanol–water partition coefficient (Wildman–Crippen LogP) is 5.74. The maximum absolute atomic E-state index is 14.2. The van der Waals surface area contributed by atoms with E-state index in [1.807, 2.05) is 23.1 Å². The summed E-state index contributed by atoms with van der Waals surface area (Å²) in [6.45, 7) is 11.9. The molecular weight excluding hydrogens is 581 g/mol. The monoisotopic (exact) mass is 617 g/mol. The molecule has 2 heterocycles. The maximum Gasteiger partial charge on any atom is 0.290 e. The molecule has 0 amide bonds. The maximum atomic E-state index is 14.2. The summed E-state index contributed by atoms with van der Waals surface area (Å²) in [7, 11) is -7.41. The molecule has 1 aromatic heterocycles. The Hall–Kier alpha value is -3.49. The molecule has 1 fully saturated rings. The number of halogens is 1. The number of piperazine rings is 1. The fraction of sp³-hybridized carbons (Fsp3) is 0.429. The summed E-state index contributed by atoms with van der Waals surface area (Å²) >= 11 is 0.